The third kappa shape index (κ3) is 3.79. The summed E-state index contributed by atoms with van der Waals surface area (Å²) in [5, 5.41) is 1.35. The molecule has 122 valence electrons. The van der Waals surface area contributed by atoms with E-state index in [1.807, 2.05) is 30.3 Å². The van der Waals surface area contributed by atoms with Crippen molar-refractivity contribution in [3.8, 4) is 0 Å². The van der Waals surface area contributed by atoms with E-state index in [-0.39, 0.29) is 16.9 Å². The second-order valence-corrected chi connectivity index (χ2v) is 8.66. The van der Waals surface area contributed by atoms with Crippen LogP contribution in [-0.2, 0) is 15.6 Å². The summed E-state index contributed by atoms with van der Waals surface area (Å²) in [7, 11) is -3.19. The van der Waals surface area contributed by atoms with Crippen molar-refractivity contribution in [2.45, 2.75) is 23.8 Å². The first-order valence-electron chi connectivity index (χ1n) is 7.49. The molecular formula is C16H18N2O3S2. The molecular weight excluding hydrogens is 332 g/mol. The number of carbonyl (C=O) groups is 1. The van der Waals surface area contributed by atoms with Gasteiger partial charge in [-0.2, -0.15) is 0 Å². The first-order valence-corrected chi connectivity index (χ1v) is 10.1. The van der Waals surface area contributed by atoms with Crippen molar-refractivity contribution in [1.82, 2.24) is 9.88 Å². The monoisotopic (exact) mass is 350 g/mol. The second kappa shape index (κ2) is 6.80. The van der Waals surface area contributed by atoms with Gasteiger partial charge in [-0.05, 0) is 18.4 Å². The summed E-state index contributed by atoms with van der Waals surface area (Å²) in [4.78, 5) is 18.0. The van der Waals surface area contributed by atoms with Crippen molar-refractivity contribution in [3.63, 3.8) is 0 Å². The Morgan fingerprint density at radius 1 is 1.22 bits per heavy atom. The van der Waals surface area contributed by atoms with Crippen LogP contribution >= 0.6 is 11.3 Å². The highest BCUT2D eigenvalue weighted by Gasteiger charge is 2.32. The van der Waals surface area contributed by atoms with Gasteiger partial charge in [0, 0.05) is 18.5 Å². The average Bonchev–Trinajstić information content (AvgIpc) is 3.09. The smallest absolute Gasteiger partial charge is 0.273 e. The molecule has 0 radical (unpaired) electrons. The Labute approximate surface area is 139 Å². The first-order chi connectivity index (χ1) is 11.1. The maximum atomic E-state index is 12.5. The number of aromatic nitrogens is 1. The Bertz CT molecular complexity index is 750. The topological polar surface area (TPSA) is 67.3 Å². The Morgan fingerprint density at radius 3 is 2.52 bits per heavy atom. The van der Waals surface area contributed by atoms with E-state index >= 15 is 0 Å². The van der Waals surface area contributed by atoms with Gasteiger partial charge in [-0.15, -0.1) is 11.3 Å². The SMILES string of the molecule is O=C(c1cscn1)N1CCC(S(=O)(=O)Cc2ccccc2)CC1. The van der Waals surface area contributed by atoms with Crippen LogP contribution in [0.1, 0.15) is 28.9 Å². The van der Waals surface area contributed by atoms with Crippen molar-refractivity contribution in [2.75, 3.05) is 13.1 Å². The largest absolute Gasteiger partial charge is 0.337 e. The number of carbonyl (C=O) groups excluding carboxylic acids is 1. The minimum absolute atomic E-state index is 0.0680. The normalized spacial score (nSPS) is 16.4. The van der Waals surface area contributed by atoms with E-state index in [0.29, 0.717) is 31.6 Å². The van der Waals surface area contributed by atoms with E-state index < -0.39 is 9.84 Å². The summed E-state index contributed by atoms with van der Waals surface area (Å²) >= 11 is 1.38. The van der Waals surface area contributed by atoms with Gasteiger partial charge in [-0.1, -0.05) is 30.3 Å². The van der Waals surface area contributed by atoms with Gasteiger partial charge in [-0.25, -0.2) is 13.4 Å². The van der Waals surface area contributed by atoms with Crippen LogP contribution in [0.5, 0.6) is 0 Å². The standard InChI is InChI=1S/C16H18N2O3S2/c19-16(15-10-22-12-17-15)18-8-6-14(7-9-18)23(20,21)11-13-4-2-1-3-5-13/h1-5,10,12,14H,6-9,11H2. The van der Waals surface area contributed by atoms with Crippen molar-refractivity contribution in [2.24, 2.45) is 0 Å². The molecule has 2 heterocycles. The minimum Gasteiger partial charge on any atom is -0.337 e. The van der Waals surface area contributed by atoms with Gasteiger partial charge in [-0.3, -0.25) is 4.79 Å². The first kappa shape index (κ1) is 16.1. The van der Waals surface area contributed by atoms with Crippen LogP contribution in [0, 0.1) is 0 Å². The fourth-order valence-electron chi connectivity index (χ4n) is 2.82. The van der Waals surface area contributed by atoms with Crippen LogP contribution in [0.25, 0.3) is 0 Å². The van der Waals surface area contributed by atoms with E-state index in [4.69, 9.17) is 0 Å². The van der Waals surface area contributed by atoms with Crippen molar-refractivity contribution in [3.05, 3.63) is 52.5 Å². The molecule has 1 aromatic carbocycles. The molecule has 1 saturated heterocycles. The number of hydrogen-bond acceptors (Lipinski definition) is 5. The van der Waals surface area contributed by atoms with E-state index in [9.17, 15) is 13.2 Å². The maximum Gasteiger partial charge on any atom is 0.273 e. The van der Waals surface area contributed by atoms with E-state index in [0.717, 1.165) is 5.56 Å². The zero-order valence-electron chi connectivity index (χ0n) is 12.6. The summed E-state index contributed by atoms with van der Waals surface area (Å²) < 4.78 is 25.1. The highest BCUT2D eigenvalue weighted by Crippen LogP contribution is 2.22. The lowest BCUT2D eigenvalue weighted by atomic mass is 10.1. The molecule has 0 spiro atoms. The maximum absolute atomic E-state index is 12.5. The fraction of sp³-hybridized carbons (Fsp3) is 0.375. The molecule has 1 amide bonds. The predicted molar refractivity (Wildman–Crippen MR) is 90.1 cm³/mol. The van der Waals surface area contributed by atoms with Crippen molar-refractivity contribution < 1.29 is 13.2 Å². The van der Waals surface area contributed by atoms with Gasteiger partial charge in [0.25, 0.3) is 5.91 Å². The number of nitrogens with zero attached hydrogens (tertiary/aromatic N) is 2. The summed E-state index contributed by atoms with van der Waals surface area (Å²) in [6.07, 6.45) is 0.982. The van der Waals surface area contributed by atoms with Crippen LogP contribution in [0.4, 0.5) is 0 Å². The molecule has 0 bridgehead atoms. The average molecular weight is 350 g/mol. The van der Waals surface area contributed by atoms with Crippen LogP contribution in [-0.4, -0.2) is 42.5 Å². The van der Waals surface area contributed by atoms with Gasteiger partial charge in [0.05, 0.1) is 16.5 Å². The number of sulfone groups is 1. The fourth-order valence-corrected chi connectivity index (χ4v) is 5.17. The molecule has 0 unspecified atom stereocenters. The van der Waals surface area contributed by atoms with Gasteiger partial charge in [0.1, 0.15) is 5.69 Å². The highest BCUT2D eigenvalue weighted by molar-refractivity contribution is 7.91. The minimum atomic E-state index is -3.19. The Balaban J connectivity index is 1.61. The van der Waals surface area contributed by atoms with E-state index in [1.165, 1.54) is 11.3 Å². The third-order valence-corrected chi connectivity index (χ3v) is 6.91. The molecule has 23 heavy (non-hydrogen) atoms. The Kier molecular flexibility index (Phi) is 4.77. The van der Waals surface area contributed by atoms with E-state index in [1.54, 1.807) is 15.8 Å². The number of benzene rings is 1. The van der Waals surface area contributed by atoms with Crippen LogP contribution in [0.2, 0.25) is 0 Å². The molecule has 0 N–H and O–H groups in total. The molecule has 1 fully saturated rings. The molecule has 0 aliphatic carbocycles. The molecule has 3 rings (SSSR count). The number of piperidine rings is 1. The van der Waals surface area contributed by atoms with Crippen LogP contribution < -0.4 is 0 Å². The molecule has 1 aliphatic rings. The summed E-state index contributed by atoms with van der Waals surface area (Å²) in [6.45, 7) is 0.935. The molecule has 2 aromatic rings. The quantitative estimate of drug-likeness (QED) is 0.849. The second-order valence-electron chi connectivity index (χ2n) is 5.66. The van der Waals surface area contributed by atoms with Crippen LogP contribution in [0.3, 0.4) is 0 Å². The predicted octanol–water partition coefficient (Wildman–Crippen LogP) is 2.36. The van der Waals surface area contributed by atoms with Gasteiger partial charge in [0.15, 0.2) is 9.84 Å². The number of amides is 1. The summed E-state index contributed by atoms with van der Waals surface area (Å²) in [5.41, 5.74) is 2.89. The molecule has 1 aliphatic heterocycles. The molecule has 7 heteroatoms. The Morgan fingerprint density at radius 2 is 1.91 bits per heavy atom. The number of thiazole rings is 1. The van der Waals surface area contributed by atoms with Crippen LogP contribution in [0.15, 0.2) is 41.2 Å². The lowest BCUT2D eigenvalue weighted by molar-refractivity contribution is 0.0720. The lowest BCUT2D eigenvalue weighted by Crippen LogP contribution is -2.42. The number of likely N-dealkylation sites (tertiary alicyclic amines) is 1. The highest BCUT2D eigenvalue weighted by atomic mass is 32.2. The summed E-state index contributed by atoms with van der Waals surface area (Å²) in [5.74, 6) is -0.0383. The zero-order valence-corrected chi connectivity index (χ0v) is 14.2. The molecule has 1 aromatic heterocycles. The molecule has 0 saturated carbocycles. The number of rotatable bonds is 4. The van der Waals surface area contributed by atoms with Gasteiger partial charge < -0.3 is 4.90 Å². The summed E-state index contributed by atoms with van der Waals surface area (Å²) in [6, 6.07) is 9.23. The molecule has 0 atom stereocenters. The van der Waals surface area contributed by atoms with Crippen molar-refractivity contribution in [1.29, 1.82) is 0 Å². The van der Waals surface area contributed by atoms with E-state index in [2.05, 4.69) is 4.98 Å². The zero-order chi connectivity index (χ0) is 16.3. The van der Waals surface area contributed by atoms with Gasteiger partial charge >= 0.3 is 0 Å². The van der Waals surface area contributed by atoms with Gasteiger partial charge in [0.2, 0.25) is 0 Å². The third-order valence-electron chi connectivity index (χ3n) is 4.10. The molecule has 5 nitrogen and oxygen atoms in total. The van der Waals surface area contributed by atoms with Crippen molar-refractivity contribution >= 4 is 27.1 Å². The number of hydrogen-bond donors (Lipinski definition) is 0. The Hall–Kier alpha value is -1.73. The lowest BCUT2D eigenvalue weighted by Gasteiger charge is -2.31.